The maximum absolute atomic E-state index is 13.4. The minimum Gasteiger partial charge on any atom is -0.432 e. The quantitative estimate of drug-likeness (QED) is 0.0805. The van der Waals surface area contributed by atoms with Crippen LogP contribution in [0.1, 0.15) is 51.9 Å². The van der Waals surface area contributed by atoms with Crippen molar-refractivity contribution < 1.29 is 56.8 Å². The summed E-state index contributed by atoms with van der Waals surface area (Å²) < 4.78 is 59.6. The number of Topliss-reactive ketones (excluding diaryl/α,β-unsaturated/α-hetero) is 1. The number of aliphatic hydroxyl groups is 2. The van der Waals surface area contributed by atoms with Crippen molar-refractivity contribution in [3.63, 3.8) is 0 Å². The highest BCUT2D eigenvalue weighted by Gasteiger charge is 2.44. The van der Waals surface area contributed by atoms with Gasteiger partial charge in [-0.1, -0.05) is 12.1 Å². The predicted octanol–water partition coefficient (Wildman–Crippen LogP) is 4.71. The molecule has 6 atom stereocenters. The van der Waals surface area contributed by atoms with E-state index in [4.69, 9.17) is 39.6 Å². The van der Waals surface area contributed by atoms with Crippen LogP contribution in [0.2, 0.25) is 5.28 Å². The van der Waals surface area contributed by atoms with E-state index in [1.54, 1.807) is 38.2 Å². The maximum atomic E-state index is 13.4. The molecule has 3 heterocycles. The zero-order chi connectivity index (χ0) is 34.3. The lowest BCUT2D eigenvalue weighted by Gasteiger charge is -2.20. The van der Waals surface area contributed by atoms with Gasteiger partial charge in [0.25, 0.3) is 0 Å². The molecule has 18 heteroatoms. The van der Waals surface area contributed by atoms with E-state index in [2.05, 4.69) is 15.3 Å². The fourth-order valence-corrected chi connectivity index (χ4v) is 5.86. The smallest absolute Gasteiger partial charge is 0.432 e. The highest BCUT2D eigenvalue weighted by molar-refractivity contribution is 7.53. The van der Waals surface area contributed by atoms with Gasteiger partial charge >= 0.3 is 13.8 Å². The summed E-state index contributed by atoms with van der Waals surface area (Å²) in [4.78, 5) is 31.5. The van der Waals surface area contributed by atoms with E-state index in [0.717, 1.165) is 5.56 Å². The number of hydrogen-bond donors (Lipinski definition) is 3. The first kappa shape index (κ1) is 36.6. The van der Waals surface area contributed by atoms with E-state index in [1.807, 2.05) is 6.92 Å². The van der Waals surface area contributed by atoms with Crippen LogP contribution in [0.4, 0.5) is 15.0 Å². The zero-order valence-corrected chi connectivity index (χ0v) is 27.7. The number of fused-ring (bicyclic) bond motifs is 1. The molecule has 0 aliphatic carbocycles. The molecule has 0 amide bonds. The fraction of sp³-hybridized carbons (Fsp3) is 0.517. The van der Waals surface area contributed by atoms with Crippen molar-refractivity contribution in [2.75, 3.05) is 31.7 Å². The molecule has 15 nitrogen and oxygen atoms in total. The molecule has 0 bridgehead atoms. The van der Waals surface area contributed by atoms with Gasteiger partial charge in [-0.25, -0.2) is 14.2 Å². The number of hydrogen-bond acceptors (Lipinski definition) is 14. The third-order valence-corrected chi connectivity index (χ3v) is 8.65. The number of nitrogens with zero attached hydrogens (tertiary/aromatic N) is 3. The van der Waals surface area contributed by atoms with E-state index >= 15 is 0 Å². The van der Waals surface area contributed by atoms with Crippen LogP contribution >= 0.6 is 19.2 Å². The van der Waals surface area contributed by atoms with E-state index in [-0.39, 0.29) is 42.6 Å². The molecule has 1 saturated heterocycles. The van der Waals surface area contributed by atoms with Crippen molar-refractivity contribution >= 4 is 48.0 Å². The SMILES string of the molecule is CC(=O)CCOP(=O)(COC[C@H]1O[C@@H](n2ccc3c(N[C@@H](C)c4ccc(F)cc4)nc(Cl)nc32)[C@H](O)[C@@H]1O)OCOC(=O)OC(C)C. The van der Waals surface area contributed by atoms with Gasteiger partial charge in [0.2, 0.25) is 12.1 Å². The molecule has 1 unspecified atom stereocenters. The Kier molecular flexibility index (Phi) is 12.7. The summed E-state index contributed by atoms with van der Waals surface area (Å²) in [7, 11) is -4.07. The number of anilines is 1. The van der Waals surface area contributed by atoms with Crippen LogP contribution in [0.25, 0.3) is 11.0 Å². The Labute approximate surface area is 274 Å². The van der Waals surface area contributed by atoms with E-state index in [1.165, 1.54) is 23.6 Å². The van der Waals surface area contributed by atoms with Crippen LogP contribution in [0.3, 0.4) is 0 Å². The third kappa shape index (κ3) is 9.90. The monoisotopic (exact) mass is 702 g/mol. The number of rotatable bonds is 16. The summed E-state index contributed by atoms with van der Waals surface area (Å²) in [5, 5.41) is 25.4. The number of carbonyl (C=O) groups excluding carboxylic acids is 2. The Hall–Kier alpha value is -3.21. The number of carbonyl (C=O) groups is 2. The first-order chi connectivity index (χ1) is 22.3. The number of nitrogens with one attached hydrogen (secondary N) is 1. The molecule has 1 aliphatic rings. The summed E-state index contributed by atoms with van der Waals surface area (Å²) >= 11 is 6.24. The van der Waals surface area contributed by atoms with Gasteiger partial charge in [0.15, 0.2) is 6.23 Å². The van der Waals surface area contributed by atoms with Gasteiger partial charge in [0, 0.05) is 18.7 Å². The van der Waals surface area contributed by atoms with Gasteiger partial charge in [-0.15, -0.1) is 0 Å². The highest BCUT2D eigenvalue weighted by atomic mass is 35.5. The normalized spacial score (nSPS) is 21.5. The van der Waals surface area contributed by atoms with Crippen molar-refractivity contribution in [3.8, 4) is 0 Å². The van der Waals surface area contributed by atoms with Gasteiger partial charge in [-0.2, -0.15) is 4.98 Å². The first-order valence-electron chi connectivity index (χ1n) is 14.6. The largest absolute Gasteiger partial charge is 0.510 e. The second-order valence-corrected chi connectivity index (χ2v) is 13.3. The molecule has 1 aliphatic heterocycles. The fourth-order valence-electron chi connectivity index (χ4n) is 4.56. The lowest BCUT2D eigenvalue weighted by atomic mass is 10.1. The maximum Gasteiger partial charge on any atom is 0.510 e. The molecule has 0 spiro atoms. The summed E-state index contributed by atoms with van der Waals surface area (Å²) in [5.41, 5.74) is 1.10. The highest BCUT2D eigenvalue weighted by Crippen LogP contribution is 2.48. The van der Waals surface area contributed by atoms with Gasteiger partial charge in [0.05, 0.1) is 24.7 Å². The number of benzene rings is 1. The minimum absolute atomic E-state index is 0.0529. The lowest BCUT2D eigenvalue weighted by molar-refractivity contribution is -0.117. The van der Waals surface area contributed by atoms with Gasteiger partial charge < -0.3 is 43.6 Å². The van der Waals surface area contributed by atoms with Crippen LogP contribution < -0.4 is 5.32 Å². The van der Waals surface area contributed by atoms with Crippen LogP contribution in [-0.2, 0) is 37.4 Å². The summed E-state index contributed by atoms with van der Waals surface area (Å²) in [6.07, 6.45) is -5.71. The van der Waals surface area contributed by atoms with E-state index in [0.29, 0.717) is 16.9 Å². The van der Waals surface area contributed by atoms with Crippen molar-refractivity contribution in [2.45, 2.75) is 70.8 Å². The van der Waals surface area contributed by atoms with Crippen molar-refractivity contribution in [1.82, 2.24) is 14.5 Å². The molecule has 2 aromatic heterocycles. The molecule has 4 rings (SSSR count). The third-order valence-electron chi connectivity index (χ3n) is 6.91. The zero-order valence-electron chi connectivity index (χ0n) is 26.1. The summed E-state index contributed by atoms with van der Waals surface area (Å²) in [6, 6.07) is 7.40. The predicted molar refractivity (Wildman–Crippen MR) is 165 cm³/mol. The number of halogens is 2. The lowest BCUT2D eigenvalue weighted by Crippen LogP contribution is -2.34. The molecular weight excluding hydrogens is 666 g/mol. The van der Waals surface area contributed by atoms with Crippen molar-refractivity contribution in [1.29, 1.82) is 0 Å². The molecule has 1 fully saturated rings. The molecule has 1 aromatic carbocycles. The Morgan fingerprint density at radius 3 is 2.53 bits per heavy atom. The minimum atomic E-state index is -4.07. The molecule has 0 radical (unpaired) electrons. The van der Waals surface area contributed by atoms with E-state index in [9.17, 15) is 28.8 Å². The van der Waals surface area contributed by atoms with Gasteiger partial charge in [0.1, 0.15) is 47.7 Å². The first-order valence-corrected chi connectivity index (χ1v) is 16.7. The second kappa shape index (κ2) is 16.3. The van der Waals surface area contributed by atoms with Gasteiger partial charge in [-0.05, 0) is 63.1 Å². The van der Waals surface area contributed by atoms with Gasteiger partial charge in [-0.3, -0.25) is 13.9 Å². The Morgan fingerprint density at radius 1 is 1.13 bits per heavy atom. The molecular formula is C29H37ClFN4O11P. The molecule has 47 heavy (non-hydrogen) atoms. The summed E-state index contributed by atoms with van der Waals surface area (Å²) in [5.74, 6) is -0.196. The molecule has 3 aromatic rings. The van der Waals surface area contributed by atoms with Crippen LogP contribution in [0.5, 0.6) is 0 Å². The Morgan fingerprint density at radius 2 is 1.85 bits per heavy atom. The van der Waals surface area contributed by atoms with Crippen LogP contribution in [0, 0.1) is 5.82 Å². The molecule has 258 valence electrons. The number of ether oxygens (including phenoxy) is 4. The van der Waals surface area contributed by atoms with Crippen molar-refractivity contribution in [2.24, 2.45) is 0 Å². The van der Waals surface area contributed by atoms with Crippen molar-refractivity contribution in [3.05, 3.63) is 53.2 Å². The molecule has 0 saturated carbocycles. The van der Waals surface area contributed by atoms with Crippen LogP contribution in [0.15, 0.2) is 36.5 Å². The average molecular weight is 703 g/mol. The Balaban J connectivity index is 1.41. The standard InChI is InChI=1S/C29H37ClFN4O11P/c1-16(2)45-29(39)42-14-44-47(40,43-12-10-17(3)36)15-41-13-22-23(37)24(38)27(46-22)35-11-9-21-25(33-28(30)34-26(21)35)32-18(4)19-5-7-20(31)8-6-19/h5-9,11,16,18,22-24,27,37-38H,10,12-15H2,1-4H3,(H,32,33,34)/t18-,22+,23+,24+,27+,47?/m0/s1. The molecule has 3 N–H and O–H groups in total. The second-order valence-electron chi connectivity index (χ2n) is 11.0. The topological polar surface area (TPSA) is 190 Å². The van der Waals surface area contributed by atoms with E-state index < -0.39 is 57.5 Å². The number of ketones is 1. The van der Waals surface area contributed by atoms with Crippen LogP contribution in [-0.4, -0.2) is 87.5 Å². The average Bonchev–Trinajstić information content (AvgIpc) is 3.53. The Bertz CT molecular complexity index is 1580. The number of aromatic nitrogens is 3. The number of aliphatic hydroxyl groups excluding tert-OH is 2. The summed E-state index contributed by atoms with van der Waals surface area (Å²) in [6.45, 7) is 5.04.